The molecule has 4 rings (SSSR count). The number of hydrogen-bond donors (Lipinski definition) is 0. The third kappa shape index (κ3) is 2.57. The molecule has 0 amide bonds. The Kier molecular flexibility index (Phi) is 3.70. The lowest BCUT2D eigenvalue weighted by atomic mass is 10.1. The third-order valence-corrected chi connectivity index (χ3v) is 4.84. The topological polar surface area (TPSA) is 60.3 Å². The van der Waals surface area contributed by atoms with Crippen LogP contribution in [0, 0.1) is 0 Å². The number of para-hydroxylation sites is 1. The first-order valence-corrected chi connectivity index (χ1v) is 8.54. The Morgan fingerprint density at radius 2 is 2.00 bits per heavy atom. The summed E-state index contributed by atoms with van der Waals surface area (Å²) in [6.07, 6.45) is 3.69. The number of rotatable bonds is 4. The van der Waals surface area contributed by atoms with E-state index in [1.807, 2.05) is 22.9 Å². The van der Waals surface area contributed by atoms with E-state index >= 15 is 0 Å². The summed E-state index contributed by atoms with van der Waals surface area (Å²) in [7, 11) is 0. The van der Waals surface area contributed by atoms with Gasteiger partial charge in [0.1, 0.15) is 0 Å². The van der Waals surface area contributed by atoms with E-state index in [-0.39, 0.29) is 0 Å². The first-order valence-electron chi connectivity index (χ1n) is 7.66. The molecule has 1 aromatic carbocycles. The van der Waals surface area contributed by atoms with E-state index in [1.54, 1.807) is 5.38 Å². The molecule has 0 bridgehead atoms. The molecule has 0 aliphatic carbocycles. The molecule has 23 heavy (non-hydrogen) atoms. The number of piperidine rings is 1. The van der Waals surface area contributed by atoms with Crippen LogP contribution in [0.5, 0.6) is 5.88 Å². The zero-order chi connectivity index (χ0) is 15.6. The van der Waals surface area contributed by atoms with Crippen molar-refractivity contribution in [3.05, 3.63) is 29.6 Å². The van der Waals surface area contributed by atoms with Crippen molar-refractivity contribution in [3.63, 3.8) is 0 Å². The Hall–Kier alpha value is -2.41. The third-order valence-electron chi connectivity index (χ3n) is 4.04. The predicted octanol–water partition coefficient (Wildman–Crippen LogP) is 3.01. The normalized spacial score (nSPS) is 15.0. The fraction of sp³-hybridized carbons (Fsp3) is 0.312. The van der Waals surface area contributed by atoms with Gasteiger partial charge in [-0.05, 0) is 31.4 Å². The van der Waals surface area contributed by atoms with Gasteiger partial charge in [0, 0.05) is 18.5 Å². The van der Waals surface area contributed by atoms with Crippen molar-refractivity contribution in [2.24, 2.45) is 0 Å². The first kappa shape index (κ1) is 14.2. The Morgan fingerprint density at radius 3 is 2.83 bits per heavy atom. The molecule has 6 nitrogen and oxygen atoms in total. The van der Waals surface area contributed by atoms with Crippen LogP contribution in [0.2, 0.25) is 0 Å². The molecule has 1 fully saturated rings. The smallest absolute Gasteiger partial charge is 0.299 e. The number of aromatic nitrogens is 3. The number of carbonyl (C=O) groups excluding carboxylic acids is 1. The average Bonchev–Trinajstić information content (AvgIpc) is 3.20. The van der Waals surface area contributed by atoms with Crippen LogP contribution in [0.4, 0.5) is 5.82 Å². The summed E-state index contributed by atoms with van der Waals surface area (Å²) >= 11 is 1.40. The number of fused-ring (bicyclic) bond motifs is 1. The van der Waals surface area contributed by atoms with E-state index in [2.05, 4.69) is 16.0 Å². The maximum Gasteiger partial charge on any atom is 0.299 e. The molecule has 1 saturated heterocycles. The summed E-state index contributed by atoms with van der Waals surface area (Å²) in [6.45, 7) is 2.47. The Morgan fingerprint density at radius 1 is 1.17 bits per heavy atom. The highest BCUT2D eigenvalue weighted by atomic mass is 32.1. The van der Waals surface area contributed by atoms with Crippen molar-refractivity contribution < 1.29 is 9.53 Å². The second-order valence-electron chi connectivity index (χ2n) is 5.48. The number of ether oxygens (including phenoxy) is 1. The van der Waals surface area contributed by atoms with Gasteiger partial charge in [-0.2, -0.15) is 4.98 Å². The quantitative estimate of drug-likeness (QED) is 0.689. The van der Waals surface area contributed by atoms with Gasteiger partial charge in [-0.15, -0.1) is 5.10 Å². The highest BCUT2D eigenvalue weighted by Crippen LogP contribution is 2.31. The fourth-order valence-corrected chi connectivity index (χ4v) is 3.68. The maximum atomic E-state index is 10.5. The molecule has 0 saturated carbocycles. The van der Waals surface area contributed by atoms with Crippen LogP contribution in [-0.2, 0) is 4.79 Å². The van der Waals surface area contributed by atoms with Crippen molar-refractivity contribution in [3.8, 4) is 11.0 Å². The van der Waals surface area contributed by atoms with Crippen molar-refractivity contribution in [2.75, 3.05) is 18.0 Å². The summed E-state index contributed by atoms with van der Waals surface area (Å²) < 4.78 is 6.65. The minimum atomic E-state index is 0.305. The second kappa shape index (κ2) is 6.00. The molecule has 7 heteroatoms. The molecule has 1 aliphatic rings. The lowest BCUT2D eigenvalue weighted by molar-refractivity contribution is -0.120. The average molecular weight is 328 g/mol. The second-order valence-corrected chi connectivity index (χ2v) is 6.32. The Bertz CT molecular complexity index is 836. The molecule has 0 unspecified atom stereocenters. The lowest BCUT2D eigenvalue weighted by Crippen LogP contribution is -2.29. The van der Waals surface area contributed by atoms with E-state index in [0.717, 1.165) is 29.8 Å². The van der Waals surface area contributed by atoms with Crippen LogP contribution in [0.1, 0.15) is 19.3 Å². The first-order chi connectivity index (χ1) is 11.4. The Labute approximate surface area is 137 Å². The standard InChI is InChI=1S/C16H16N4O2S/c21-11-22-14-10-23-16(17-14)20-13-7-3-2-6-12(13)15(18-20)19-8-4-1-5-9-19/h2-3,6-7,10-11H,1,4-5,8-9H2. The van der Waals surface area contributed by atoms with Gasteiger partial charge in [0.05, 0.1) is 10.9 Å². The van der Waals surface area contributed by atoms with Gasteiger partial charge in [0.25, 0.3) is 6.47 Å². The van der Waals surface area contributed by atoms with E-state index in [0.29, 0.717) is 17.5 Å². The molecule has 3 heterocycles. The number of benzene rings is 1. The summed E-state index contributed by atoms with van der Waals surface area (Å²) in [4.78, 5) is 17.1. The van der Waals surface area contributed by atoms with Gasteiger partial charge in [0.2, 0.25) is 11.0 Å². The minimum Gasteiger partial charge on any atom is -0.409 e. The van der Waals surface area contributed by atoms with Gasteiger partial charge in [-0.3, -0.25) is 4.79 Å². The molecule has 0 radical (unpaired) electrons. The fourth-order valence-electron chi connectivity index (χ4n) is 2.99. The summed E-state index contributed by atoms with van der Waals surface area (Å²) in [6, 6.07) is 8.16. The number of anilines is 1. The predicted molar refractivity (Wildman–Crippen MR) is 89.5 cm³/mol. The van der Waals surface area contributed by atoms with E-state index in [1.165, 1.54) is 30.6 Å². The van der Waals surface area contributed by atoms with Crippen LogP contribution < -0.4 is 9.64 Å². The van der Waals surface area contributed by atoms with E-state index in [4.69, 9.17) is 9.84 Å². The lowest BCUT2D eigenvalue weighted by Gasteiger charge is -2.26. The van der Waals surface area contributed by atoms with Crippen LogP contribution in [0.25, 0.3) is 16.0 Å². The molecular weight excluding hydrogens is 312 g/mol. The molecule has 0 N–H and O–H groups in total. The largest absolute Gasteiger partial charge is 0.409 e. The van der Waals surface area contributed by atoms with Crippen LogP contribution in [0.3, 0.4) is 0 Å². The van der Waals surface area contributed by atoms with Crippen molar-refractivity contribution in [2.45, 2.75) is 19.3 Å². The zero-order valence-electron chi connectivity index (χ0n) is 12.5. The number of thiazole rings is 1. The molecule has 0 spiro atoms. The number of carbonyl (C=O) groups is 1. The SMILES string of the molecule is O=COc1csc(-n2nc(N3CCCCC3)c3ccccc32)n1. The summed E-state index contributed by atoms with van der Waals surface area (Å²) in [5.41, 5.74) is 1.01. The van der Waals surface area contributed by atoms with Gasteiger partial charge < -0.3 is 9.64 Å². The highest BCUT2D eigenvalue weighted by Gasteiger charge is 2.20. The monoisotopic (exact) mass is 328 g/mol. The van der Waals surface area contributed by atoms with Gasteiger partial charge in [0.15, 0.2) is 5.82 Å². The zero-order valence-corrected chi connectivity index (χ0v) is 13.3. The van der Waals surface area contributed by atoms with Crippen molar-refractivity contribution in [1.29, 1.82) is 0 Å². The summed E-state index contributed by atoms with van der Waals surface area (Å²) in [5.74, 6) is 1.31. The number of nitrogens with zero attached hydrogens (tertiary/aromatic N) is 4. The highest BCUT2D eigenvalue weighted by molar-refractivity contribution is 7.12. The van der Waals surface area contributed by atoms with Gasteiger partial charge in [-0.25, -0.2) is 4.68 Å². The van der Waals surface area contributed by atoms with Gasteiger partial charge >= 0.3 is 0 Å². The van der Waals surface area contributed by atoms with Crippen LogP contribution in [0.15, 0.2) is 29.6 Å². The minimum absolute atomic E-state index is 0.305. The van der Waals surface area contributed by atoms with Gasteiger partial charge in [-0.1, -0.05) is 23.5 Å². The molecule has 0 atom stereocenters. The van der Waals surface area contributed by atoms with Crippen molar-refractivity contribution >= 4 is 34.5 Å². The molecular formula is C16H16N4O2S. The van der Waals surface area contributed by atoms with Crippen LogP contribution in [-0.4, -0.2) is 34.3 Å². The number of hydrogen-bond acceptors (Lipinski definition) is 6. The van der Waals surface area contributed by atoms with E-state index < -0.39 is 0 Å². The molecule has 1 aliphatic heterocycles. The van der Waals surface area contributed by atoms with Crippen LogP contribution >= 0.6 is 11.3 Å². The Balaban J connectivity index is 1.81. The summed E-state index contributed by atoms with van der Waals surface area (Å²) in [5, 5.41) is 8.34. The van der Waals surface area contributed by atoms with E-state index in [9.17, 15) is 4.79 Å². The molecule has 2 aromatic heterocycles. The molecule has 3 aromatic rings. The van der Waals surface area contributed by atoms with Crippen molar-refractivity contribution in [1.82, 2.24) is 14.8 Å². The maximum absolute atomic E-state index is 10.5. The molecule has 118 valence electrons.